The molecule has 0 saturated carbocycles. The number of piperazine rings is 1. The summed E-state index contributed by atoms with van der Waals surface area (Å²) in [5.41, 5.74) is 2.15. The fraction of sp³-hybridized carbons (Fsp3) is 0.333. The second kappa shape index (κ2) is 4.86. The van der Waals surface area contributed by atoms with Crippen molar-refractivity contribution >= 4 is 12.0 Å². The molecule has 2 aliphatic heterocycles. The van der Waals surface area contributed by atoms with Gasteiger partial charge in [0, 0.05) is 5.69 Å². The second-order valence-electron chi connectivity index (χ2n) is 4.50. The number of rotatable bonds is 2. The summed E-state index contributed by atoms with van der Waals surface area (Å²) in [6.45, 7) is 3.38. The first-order chi connectivity index (χ1) is 9.54. The van der Waals surface area contributed by atoms with Gasteiger partial charge in [0.05, 0.1) is 18.3 Å². The summed E-state index contributed by atoms with van der Waals surface area (Å²) in [6, 6.07) is 5.40. The van der Waals surface area contributed by atoms with Crippen LogP contribution in [-0.2, 0) is 6.18 Å². The first-order valence-corrected chi connectivity index (χ1v) is 6.02. The van der Waals surface area contributed by atoms with E-state index in [0.717, 1.165) is 6.07 Å². The largest absolute Gasteiger partial charge is 0.418 e. The maximum Gasteiger partial charge on any atom is 0.418 e. The number of benzene rings is 1. The third-order valence-electron chi connectivity index (χ3n) is 3.08. The van der Waals surface area contributed by atoms with Crippen molar-refractivity contribution in [2.75, 3.05) is 11.9 Å². The fourth-order valence-corrected chi connectivity index (χ4v) is 2.15. The number of nitrogens with zero attached hydrogens (tertiary/aromatic N) is 2. The van der Waals surface area contributed by atoms with Crippen LogP contribution in [0, 0.1) is 6.54 Å². The van der Waals surface area contributed by atoms with Gasteiger partial charge in [-0.3, -0.25) is 10.7 Å². The van der Waals surface area contributed by atoms with E-state index >= 15 is 0 Å². The average Bonchev–Trinajstić information content (AvgIpc) is 2.85. The van der Waals surface area contributed by atoms with E-state index < -0.39 is 11.7 Å². The zero-order chi connectivity index (χ0) is 14.2. The van der Waals surface area contributed by atoms with Crippen LogP contribution in [0.2, 0.25) is 0 Å². The van der Waals surface area contributed by atoms with Gasteiger partial charge >= 0.3 is 6.18 Å². The molecule has 2 atom stereocenters. The molecule has 0 spiro atoms. The van der Waals surface area contributed by atoms with Crippen LogP contribution in [0.15, 0.2) is 29.4 Å². The quantitative estimate of drug-likeness (QED) is 0.765. The lowest BCUT2D eigenvalue weighted by atomic mass is 10.1. The van der Waals surface area contributed by atoms with E-state index in [1.807, 2.05) is 4.90 Å². The highest BCUT2D eigenvalue weighted by molar-refractivity contribution is 5.59. The van der Waals surface area contributed by atoms with Crippen LogP contribution < -0.4 is 16.1 Å². The van der Waals surface area contributed by atoms with E-state index in [4.69, 9.17) is 0 Å². The fourth-order valence-electron chi connectivity index (χ4n) is 2.15. The normalized spacial score (nSPS) is 25.2. The van der Waals surface area contributed by atoms with Gasteiger partial charge in [0.25, 0.3) is 0 Å². The zero-order valence-electron chi connectivity index (χ0n) is 10.3. The molecule has 0 amide bonds. The van der Waals surface area contributed by atoms with E-state index in [2.05, 4.69) is 27.7 Å². The lowest BCUT2D eigenvalue weighted by Gasteiger charge is -2.35. The number of fused-ring (bicyclic) bond motifs is 1. The summed E-state index contributed by atoms with van der Waals surface area (Å²) in [7, 11) is 0. The zero-order valence-corrected chi connectivity index (χ0v) is 10.3. The number of anilines is 1. The predicted molar refractivity (Wildman–Crippen MR) is 67.4 cm³/mol. The predicted octanol–water partition coefficient (Wildman–Crippen LogP) is 1.26. The number of hydrogen-bond donors (Lipinski definition) is 3. The molecule has 0 aromatic heterocycles. The highest BCUT2D eigenvalue weighted by atomic mass is 19.4. The molecule has 3 rings (SSSR count). The molecule has 2 aliphatic rings. The molecular weight excluding hydrogens is 271 g/mol. The van der Waals surface area contributed by atoms with Crippen molar-refractivity contribution in [1.82, 2.24) is 15.6 Å². The summed E-state index contributed by atoms with van der Waals surface area (Å²) in [4.78, 5) is 1.84. The Morgan fingerprint density at radius 2 is 2.15 bits per heavy atom. The third-order valence-corrected chi connectivity index (χ3v) is 3.08. The van der Waals surface area contributed by atoms with Crippen molar-refractivity contribution in [1.29, 1.82) is 0 Å². The Balaban J connectivity index is 1.73. The van der Waals surface area contributed by atoms with Gasteiger partial charge in [-0.1, -0.05) is 12.1 Å². The van der Waals surface area contributed by atoms with E-state index in [1.54, 1.807) is 12.4 Å². The summed E-state index contributed by atoms with van der Waals surface area (Å²) in [5.74, 6) is 0. The lowest BCUT2D eigenvalue weighted by Crippen LogP contribution is -2.57. The van der Waals surface area contributed by atoms with E-state index in [1.165, 1.54) is 12.1 Å². The van der Waals surface area contributed by atoms with Crippen molar-refractivity contribution in [3.8, 4) is 0 Å². The maximum absolute atomic E-state index is 12.9. The molecule has 2 heterocycles. The molecule has 1 aromatic carbocycles. The molecule has 0 bridgehead atoms. The molecule has 2 unspecified atom stereocenters. The second-order valence-corrected chi connectivity index (χ2v) is 4.50. The minimum Gasteiger partial charge on any atom is -0.368 e. The Labute approximate surface area is 113 Å². The Hall–Kier alpha value is -1.96. The molecule has 5 nitrogen and oxygen atoms in total. The lowest BCUT2D eigenvalue weighted by molar-refractivity contribution is -0.137. The number of hydrogen-bond acceptors (Lipinski definition) is 5. The van der Waals surface area contributed by atoms with Gasteiger partial charge in [0.15, 0.2) is 0 Å². The molecule has 1 saturated heterocycles. The summed E-state index contributed by atoms with van der Waals surface area (Å²) < 4.78 is 38.7. The molecule has 8 heteroatoms. The minimum absolute atomic E-state index is 0.0434. The van der Waals surface area contributed by atoms with Gasteiger partial charge in [-0.05, 0) is 12.1 Å². The first kappa shape index (κ1) is 13.0. The van der Waals surface area contributed by atoms with Crippen LogP contribution in [-0.4, -0.2) is 30.1 Å². The number of alkyl halides is 3. The van der Waals surface area contributed by atoms with Gasteiger partial charge in [0.1, 0.15) is 19.0 Å². The minimum atomic E-state index is -4.38. The van der Waals surface area contributed by atoms with Crippen molar-refractivity contribution < 1.29 is 13.2 Å². The molecule has 106 valence electrons. The van der Waals surface area contributed by atoms with Gasteiger partial charge in [-0.25, -0.2) is 0 Å². The molecule has 2 radical (unpaired) electrons. The Bertz CT molecular complexity index is 516. The summed E-state index contributed by atoms with van der Waals surface area (Å²) in [5, 5.41) is 9.62. The smallest absolute Gasteiger partial charge is 0.368 e. The van der Waals surface area contributed by atoms with Crippen LogP contribution in [0.25, 0.3) is 0 Å². The van der Waals surface area contributed by atoms with Crippen molar-refractivity contribution in [3.05, 3.63) is 36.4 Å². The van der Waals surface area contributed by atoms with Crippen molar-refractivity contribution in [3.63, 3.8) is 0 Å². The number of hydrazone groups is 1. The third kappa shape index (κ3) is 2.51. The highest BCUT2D eigenvalue weighted by Gasteiger charge is 2.35. The van der Waals surface area contributed by atoms with Crippen LogP contribution in [0.3, 0.4) is 0 Å². The van der Waals surface area contributed by atoms with Crippen LogP contribution in [0.4, 0.5) is 18.9 Å². The van der Waals surface area contributed by atoms with Crippen LogP contribution in [0.1, 0.15) is 5.56 Å². The Morgan fingerprint density at radius 3 is 2.95 bits per heavy atom. The van der Waals surface area contributed by atoms with E-state index in [-0.39, 0.29) is 18.0 Å². The van der Waals surface area contributed by atoms with Crippen LogP contribution >= 0.6 is 0 Å². The van der Waals surface area contributed by atoms with Gasteiger partial charge < -0.3 is 10.2 Å². The maximum atomic E-state index is 12.9. The van der Waals surface area contributed by atoms with Gasteiger partial charge in [-0.2, -0.15) is 18.3 Å². The molecule has 20 heavy (non-hydrogen) atoms. The molecule has 1 fully saturated rings. The molecular formula is C12H12F3N5. The van der Waals surface area contributed by atoms with E-state index in [0.29, 0.717) is 6.54 Å². The van der Waals surface area contributed by atoms with Crippen LogP contribution in [0.5, 0.6) is 0 Å². The summed E-state index contributed by atoms with van der Waals surface area (Å²) >= 11 is 0. The summed E-state index contributed by atoms with van der Waals surface area (Å²) in [6.07, 6.45) is -3.33. The van der Waals surface area contributed by atoms with Crippen molar-refractivity contribution in [2.45, 2.75) is 18.5 Å². The Kier molecular flexibility index (Phi) is 3.17. The average molecular weight is 283 g/mol. The molecule has 3 N–H and O–H groups in total. The Morgan fingerprint density at radius 1 is 1.35 bits per heavy atom. The standard InChI is InChI=1S/C12H12F3N5/c13-12(14,15)8-3-1-2-4-9(8)18-10-6-20-7-17-19-11(20)5-16-10/h1-4,7,10-11,16,18-19H,6H2. The first-order valence-electron chi connectivity index (χ1n) is 6.02. The van der Waals surface area contributed by atoms with Gasteiger partial charge in [-0.15, -0.1) is 0 Å². The number of halogens is 3. The monoisotopic (exact) mass is 283 g/mol. The molecule has 1 aromatic rings. The highest BCUT2D eigenvalue weighted by Crippen LogP contribution is 2.34. The van der Waals surface area contributed by atoms with Gasteiger partial charge in [0.2, 0.25) is 0 Å². The molecule has 0 aliphatic carbocycles. The number of para-hydroxylation sites is 1. The van der Waals surface area contributed by atoms with Crippen molar-refractivity contribution in [2.24, 2.45) is 5.10 Å². The van der Waals surface area contributed by atoms with E-state index in [9.17, 15) is 13.2 Å². The number of nitrogens with one attached hydrogen (secondary N) is 3. The SMILES string of the molecule is FC(F)(F)c1ccccc1NC1CN2C=NNC2[C]N1. The topological polar surface area (TPSA) is 51.7 Å².